The molecule has 1 aliphatic rings. The summed E-state index contributed by atoms with van der Waals surface area (Å²) in [7, 11) is 0. The molecule has 0 saturated heterocycles. The Kier molecular flexibility index (Phi) is 4.93. The van der Waals surface area contributed by atoms with Gasteiger partial charge in [0.1, 0.15) is 0 Å². The summed E-state index contributed by atoms with van der Waals surface area (Å²) in [5.74, 6) is -0.856. The quantitative estimate of drug-likeness (QED) is 0.390. The number of fused-ring (bicyclic) bond motifs is 2. The number of para-hydroxylation sites is 1. The van der Waals surface area contributed by atoms with Gasteiger partial charge in [0.25, 0.3) is 11.8 Å². The van der Waals surface area contributed by atoms with Gasteiger partial charge in [0.15, 0.2) is 0 Å². The van der Waals surface area contributed by atoms with Crippen LogP contribution >= 0.6 is 0 Å². The third-order valence-electron chi connectivity index (χ3n) is 4.94. The van der Waals surface area contributed by atoms with Gasteiger partial charge in [-0.1, -0.05) is 30.3 Å². The van der Waals surface area contributed by atoms with Gasteiger partial charge in [-0.3, -0.25) is 19.3 Å². The van der Waals surface area contributed by atoms with E-state index in [4.69, 9.17) is 4.74 Å². The highest BCUT2D eigenvalue weighted by Gasteiger charge is 2.34. The molecular formula is C22H20N2O4. The number of esters is 1. The van der Waals surface area contributed by atoms with Gasteiger partial charge in [0.2, 0.25) is 0 Å². The van der Waals surface area contributed by atoms with Crippen LogP contribution in [-0.4, -0.2) is 40.8 Å². The molecule has 6 nitrogen and oxygen atoms in total. The van der Waals surface area contributed by atoms with Crippen LogP contribution in [0.2, 0.25) is 0 Å². The number of aromatic amines is 1. The standard InChI is InChI=1S/C22H20N2O4/c25-20(11-10-15-14-23-19-9-4-3-6-16(15)19)28-13-5-12-24-21(26)17-7-1-2-8-18(17)22(24)27/h1-4,6-9,14,23H,5,10-13H2. The highest BCUT2D eigenvalue weighted by atomic mass is 16.5. The third kappa shape index (κ3) is 3.41. The van der Waals surface area contributed by atoms with Crippen LogP contribution in [0, 0.1) is 0 Å². The van der Waals surface area contributed by atoms with Gasteiger partial charge in [-0.25, -0.2) is 0 Å². The lowest BCUT2D eigenvalue weighted by Crippen LogP contribution is -2.31. The monoisotopic (exact) mass is 376 g/mol. The van der Waals surface area contributed by atoms with Gasteiger partial charge >= 0.3 is 5.97 Å². The fourth-order valence-corrected chi connectivity index (χ4v) is 3.50. The predicted octanol–water partition coefficient (Wildman–Crippen LogP) is 3.33. The maximum atomic E-state index is 12.3. The minimum atomic E-state index is -0.286. The Bertz CT molecular complexity index is 1020. The Balaban J connectivity index is 1.22. The summed E-state index contributed by atoms with van der Waals surface area (Å²) in [6.07, 6.45) is 3.22. The molecule has 0 unspecified atom stereocenters. The second-order valence-corrected chi connectivity index (χ2v) is 6.74. The lowest BCUT2D eigenvalue weighted by Gasteiger charge is -2.13. The van der Waals surface area contributed by atoms with Crippen LogP contribution in [0.4, 0.5) is 0 Å². The number of rotatable bonds is 7. The predicted molar refractivity (Wildman–Crippen MR) is 104 cm³/mol. The van der Waals surface area contributed by atoms with Gasteiger partial charge in [-0.2, -0.15) is 0 Å². The van der Waals surface area contributed by atoms with E-state index >= 15 is 0 Å². The number of nitrogens with zero attached hydrogens (tertiary/aromatic N) is 1. The Labute approximate surface area is 162 Å². The van der Waals surface area contributed by atoms with E-state index in [9.17, 15) is 14.4 Å². The Hall–Kier alpha value is -3.41. The van der Waals surface area contributed by atoms with Crippen LogP contribution in [0.25, 0.3) is 10.9 Å². The molecule has 0 spiro atoms. The molecule has 0 saturated carbocycles. The van der Waals surface area contributed by atoms with Crippen LogP contribution in [-0.2, 0) is 16.0 Å². The number of hydrogen-bond acceptors (Lipinski definition) is 4. The SMILES string of the molecule is O=C(CCc1c[nH]c2ccccc12)OCCCN1C(=O)c2ccccc2C1=O. The molecule has 3 aromatic rings. The largest absolute Gasteiger partial charge is 0.466 e. The topological polar surface area (TPSA) is 79.5 Å². The molecule has 0 bridgehead atoms. The molecule has 6 heteroatoms. The zero-order chi connectivity index (χ0) is 19.5. The number of aryl methyl sites for hydroxylation is 1. The van der Waals surface area contributed by atoms with E-state index in [0.29, 0.717) is 24.0 Å². The van der Waals surface area contributed by atoms with Crippen molar-refractivity contribution in [2.24, 2.45) is 0 Å². The van der Waals surface area contributed by atoms with Gasteiger partial charge in [-0.05, 0) is 36.6 Å². The molecule has 0 atom stereocenters. The first-order valence-corrected chi connectivity index (χ1v) is 9.31. The minimum absolute atomic E-state index is 0.181. The number of H-pyrrole nitrogens is 1. The highest BCUT2D eigenvalue weighted by Crippen LogP contribution is 2.22. The Morgan fingerprint density at radius 3 is 2.39 bits per heavy atom. The van der Waals surface area contributed by atoms with Gasteiger partial charge in [0.05, 0.1) is 17.7 Å². The zero-order valence-corrected chi connectivity index (χ0v) is 15.3. The van der Waals surface area contributed by atoms with E-state index in [-0.39, 0.29) is 37.4 Å². The average Bonchev–Trinajstić information content (AvgIpc) is 3.24. The molecule has 2 heterocycles. The van der Waals surface area contributed by atoms with Crippen molar-refractivity contribution in [1.29, 1.82) is 0 Å². The van der Waals surface area contributed by atoms with Crippen molar-refractivity contribution in [3.63, 3.8) is 0 Å². The molecule has 142 valence electrons. The fraction of sp³-hybridized carbons (Fsp3) is 0.227. The van der Waals surface area contributed by atoms with Crippen molar-refractivity contribution in [2.75, 3.05) is 13.2 Å². The molecule has 1 aromatic heterocycles. The van der Waals surface area contributed by atoms with E-state index < -0.39 is 0 Å². The first-order valence-electron chi connectivity index (χ1n) is 9.31. The molecule has 0 aliphatic carbocycles. The molecule has 1 N–H and O–H groups in total. The van der Waals surface area contributed by atoms with Crippen LogP contribution in [0.5, 0.6) is 0 Å². The number of imide groups is 1. The lowest BCUT2D eigenvalue weighted by atomic mass is 10.1. The van der Waals surface area contributed by atoms with Crippen LogP contribution < -0.4 is 0 Å². The van der Waals surface area contributed by atoms with Crippen LogP contribution in [0.1, 0.15) is 39.1 Å². The van der Waals surface area contributed by atoms with E-state index in [2.05, 4.69) is 4.98 Å². The third-order valence-corrected chi connectivity index (χ3v) is 4.94. The number of hydrogen-bond donors (Lipinski definition) is 1. The molecule has 2 aromatic carbocycles. The summed E-state index contributed by atoms with van der Waals surface area (Å²) in [5, 5.41) is 1.11. The summed E-state index contributed by atoms with van der Waals surface area (Å²) in [5.41, 5.74) is 3.00. The number of nitrogens with one attached hydrogen (secondary N) is 1. The fourth-order valence-electron chi connectivity index (χ4n) is 3.50. The number of ether oxygens (including phenoxy) is 1. The Morgan fingerprint density at radius 1 is 0.964 bits per heavy atom. The second-order valence-electron chi connectivity index (χ2n) is 6.74. The molecule has 0 fully saturated rings. The van der Waals surface area contributed by atoms with Gasteiger partial charge in [-0.15, -0.1) is 0 Å². The van der Waals surface area contributed by atoms with E-state index in [1.165, 1.54) is 4.90 Å². The first kappa shape index (κ1) is 18.0. The summed E-state index contributed by atoms with van der Waals surface area (Å²) in [6.45, 7) is 0.419. The number of benzene rings is 2. The van der Waals surface area contributed by atoms with Crippen molar-refractivity contribution < 1.29 is 19.1 Å². The number of aromatic nitrogens is 1. The maximum Gasteiger partial charge on any atom is 0.306 e. The molecule has 2 amide bonds. The van der Waals surface area contributed by atoms with E-state index in [0.717, 1.165) is 16.5 Å². The van der Waals surface area contributed by atoms with Gasteiger partial charge < -0.3 is 9.72 Å². The van der Waals surface area contributed by atoms with Crippen molar-refractivity contribution in [3.05, 3.63) is 71.4 Å². The highest BCUT2D eigenvalue weighted by molar-refractivity contribution is 6.21. The normalized spacial score (nSPS) is 13.2. The summed E-state index contributed by atoms with van der Waals surface area (Å²) >= 11 is 0. The molecule has 0 radical (unpaired) electrons. The molecular weight excluding hydrogens is 356 g/mol. The van der Waals surface area contributed by atoms with E-state index in [1.54, 1.807) is 24.3 Å². The maximum absolute atomic E-state index is 12.3. The van der Waals surface area contributed by atoms with Crippen LogP contribution in [0.3, 0.4) is 0 Å². The lowest BCUT2D eigenvalue weighted by molar-refractivity contribution is -0.143. The van der Waals surface area contributed by atoms with Crippen molar-refractivity contribution in [3.8, 4) is 0 Å². The second kappa shape index (κ2) is 7.68. The molecule has 4 rings (SSSR count). The number of carbonyl (C=O) groups excluding carboxylic acids is 3. The minimum Gasteiger partial charge on any atom is -0.466 e. The number of carbonyl (C=O) groups is 3. The summed E-state index contributed by atoms with van der Waals surface area (Å²) in [4.78, 5) is 40.9. The first-order chi connectivity index (χ1) is 13.6. The number of amides is 2. The smallest absolute Gasteiger partial charge is 0.306 e. The van der Waals surface area contributed by atoms with Crippen molar-refractivity contribution >= 4 is 28.7 Å². The van der Waals surface area contributed by atoms with Gasteiger partial charge in [0, 0.05) is 30.1 Å². The zero-order valence-electron chi connectivity index (χ0n) is 15.3. The van der Waals surface area contributed by atoms with Crippen molar-refractivity contribution in [2.45, 2.75) is 19.3 Å². The van der Waals surface area contributed by atoms with Crippen LogP contribution in [0.15, 0.2) is 54.7 Å². The summed E-state index contributed by atoms with van der Waals surface area (Å²) in [6, 6.07) is 14.7. The van der Waals surface area contributed by atoms with Crippen molar-refractivity contribution in [1.82, 2.24) is 9.88 Å². The molecule has 28 heavy (non-hydrogen) atoms. The molecule has 1 aliphatic heterocycles. The summed E-state index contributed by atoms with van der Waals surface area (Å²) < 4.78 is 5.26. The van der Waals surface area contributed by atoms with E-state index in [1.807, 2.05) is 30.5 Å². The Morgan fingerprint density at radius 2 is 1.64 bits per heavy atom. The average molecular weight is 376 g/mol.